The maximum atomic E-state index is 12.8. The number of amides is 1. The molecule has 1 N–H and O–H groups in total. The second-order valence-corrected chi connectivity index (χ2v) is 7.36. The van der Waals surface area contributed by atoms with Crippen LogP contribution < -0.4 is 15.6 Å². The molecule has 4 aromatic rings. The summed E-state index contributed by atoms with van der Waals surface area (Å²) < 4.78 is 7.23. The first-order valence-corrected chi connectivity index (χ1v) is 9.62. The summed E-state index contributed by atoms with van der Waals surface area (Å²) >= 11 is 6.11. The molecule has 0 saturated carbocycles. The van der Waals surface area contributed by atoms with E-state index in [2.05, 4.69) is 10.3 Å². The van der Waals surface area contributed by atoms with E-state index in [-0.39, 0.29) is 5.56 Å². The summed E-state index contributed by atoms with van der Waals surface area (Å²) in [4.78, 5) is 29.8. The van der Waals surface area contributed by atoms with Gasteiger partial charge in [0.25, 0.3) is 11.5 Å². The van der Waals surface area contributed by atoms with Crippen LogP contribution in [0.2, 0.25) is 5.02 Å². The summed E-state index contributed by atoms with van der Waals surface area (Å²) in [5.74, 6) is 0.417. The van der Waals surface area contributed by atoms with Gasteiger partial charge in [0.15, 0.2) is 5.75 Å². The molecule has 0 aliphatic rings. The summed E-state index contributed by atoms with van der Waals surface area (Å²) in [5, 5.41) is 3.14. The lowest BCUT2D eigenvalue weighted by molar-refractivity contribution is 0.102. The van der Waals surface area contributed by atoms with Crippen molar-refractivity contribution in [3.8, 4) is 11.5 Å². The van der Waals surface area contributed by atoms with E-state index in [1.165, 1.54) is 10.6 Å². The maximum absolute atomic E-state index is 12.8. The molecule has 7 heteroatoms. The van der Waals surface area contributed by atoms with E-state index in [0.29, 0.717) is 27.9 Å². The summed E-state index contributed by atoms with van der Waals surface area (Å²) in [5.41, 5.74) is 2.35. The van der Waals surface area contributed by atoms with E-state index in [9.17, 15) is 9.59 Å². The highest BCUT2D eigenvalue weighted by Crippen LogP contribution is 2.32. The van der Waals surface area contributed by atoms with Gasteiger partial charge < -0.3 is 10.1 Å². The Morgan fingerprint density at radius 1 is 1.03 bits per heavy atom. The Balaban J connectivity index is 1.66. The number of hydrogen-bond donors (Lipinski definition) is 1. The average molecular weight is 420 g/mol. The molecule has 0 unspecified atom stereocenters. The van der Waals surface area contributed by atoms with E-state index in [1.807, 2.05) is 38.1 Å². The number of aryl methyl sites for hydroxylation is 2. The van der Waals surface area contributed by atoms with Crippen LogP contribution in [0, 0.1) is 13.8 Å². The number of pyridine rings is 1. The number of anilines is 1. The highest BCUT2D eigenvalue weighted by molar-refractivity contribution is 6.31. The van der Waals surface area contributed by atoms with E-state index < -0.39 is 11.5 Å². The third kappa shape index (κ3) is 4.04. The van der Waals surface area contributed by atoms with Crippen molar-refractivity contribution in [2.45, 2.75) is 13.8 Å². The SMILES string of the molecule is Cc1ccc(Oc2ccc(Cl)cc2NC(=O)c2cnc3cc(C)ccn3c2=O)cc1. The van der Waals surface area contributed by atoms with Crippen LogP contribution in [0.1, 0.15) is 21.5 Å². The lowest BCUT2D eigenvalue weighted by atomic mass is 10.2. The summed E-state index contributed by atoms with van der Waals surface area (Å²) in [7, 11) is 0. The number of fused-ring (bicyclic) bond motifs is 1. The molecular formula is C23H18ClN3O3. The lowest BCUT2D eigenvalue weighted by Crippen LogP contribution is -2.26. The molecule has 0 aliphatic heterocycles. The molecule has 0 aliphatic carbocycles. The van der Waals surface area contributed by atoms with Crippen molar-refractivity contribution in [3.05, 3.63) is 99.1 Å². The topological polar surface area (TPSA) is 72.7 Å². The first-order chi connectivity index (χ1) is 14.4. The highest BCUT2D eigenvalue weighted by atomic mass is 35.5. The Kier molecular flexibility index (Phi) is 5.25. The molecule has 150 valence electrons. The predicted octanol–water partition coefficient (Wildman–Crippen LogP) is 5.01. The predicted molar refractivity (Wildman–Crippen MR) is 117 cm³/mol. The van der Waals surface area contributed by atoms with Crippen LogP contribution in [-0.4, -0.2) is 15.3 Å². The zero-order valence-electron chi connectivity index (χ0n) is 16.3. The number of halogens is 1. The quantitative estimate of drug-likeness (QED) is 0.504. The minimum atomic E-state index is -0.599. The molecule has 4 rings (SSSR count). The zero-order chi connectivity index (χ0) is 21.3. The molecule has 2 aromatic carbocycles. The van der Waals surface area contributed by atoms with Crippen LogP contribution in [0.3, 0.4) is 0 Å². The Morgan fingerprint density at radius 2 is 1.80 bits per heavy atom. The normalized spacial score (nSPS) is 10.8. The molecule has 30 heavy (non-hydrogen) atoms. The minimum absolute atomic E-state index is 0.0855. The zero-order valence-corrected chi connectivity index (χ0v) is 17.1. The molecule has 0 radical (unpaired) electrons. The van der Waals surface area contributed by atoms with Crippen LogP contribution >= 0.6 is 11.6 Å². The number of benzene rings is 2. The molecule has 2 heterocycles. The minimum Gasteiger partial charge on any atom is -0.455 e. The molecular weight excluding hydrogens is 402 g/mol. The molecule has 6 nitrogen and oxygen atoms in total. The molecule has 1 amide bonds. The molecule has 0 fully saturated rings. The fourth-order valence-electron chi connectivity index (χ4n) is 2.94. The smallest absolute Gasteiger partial charge is 0.270 e. The van der Waals surface area contributed by atoms with Crippen molar-refractivity contribution in [1.29, 1.82) is 0 Å². The van der Waals surface area contributed by atoms with Crippen LogP contribution in [0.5, 0.6) is 11.5 Å². The first-order valence-electron chi connectivity index (χ1n) is 9.24. The van der Waals surface area contributed by atoms with Gasteiger partial charge >= 0.3 is 0 Å². The van der Waals surface area contributed by atoms with Gasteiger partial charge in [-0.3, -0.25) is 14.0 Å². The average Bonchev–Trinajstić information content (AvgIpc) is 2.71. The van der Waals surface area contributed by atoms with Crippen molar-refractivity contribution in [2.24, 2.45) is 0 Å². The number of nitrogens with zero attached hydrogens (tertiary/aromatic N) is 2. The van der Waals surface area contributed by atoms with Crippen LogP contribution in [-0.2, 0) is 0 Å². The van der Waals surface area contributed by atoms with Crippen molar-refractivity contribution in [1.82, 2.24) is 9.38 Å². The Morgan fingerprint density at radius 3 is 2.57 bits per heavy atom. The van der Waals surface area contributed by atoms with Gasteiger partial charge in [0, 0.05) is 17.4 Å². The number of ether oxygens (including phenoxy) is 1. The Labute approximate surface area is 177 Å². The van der Waals surface area contributed by atoms with E-state index in [1.54, 1.807) is 36.5 Å². The number of aromatic nitrogens is 2. The van der Waals surface area contributed by atoms with E-state index >= 15 is 0 Å². The van der Waals surface area contributed by atoms with Gasteiger partial charge in [-0.2, -0.15) is 0 Å². The molecule has 0 bridgehead atoms. The highest BCUT2D eigenvalue weighted by Gasteiger charge is 2.16. The number of nitrogens with one attached hydrogen (secondary N) is 1. The standard InChI is InChI=1S/C23H18ClN3O3/c1-14-3-6-17(7-4-14)30-20-8-5-16(24)12-19(20)26-22(28)18-13-25-21-11-15(2)9-10-27(21)23(18)29/h3-13H,1-2H3,(H,26,28). The molecule has 0 saturated heterocycles. The molecule has 0 atom stereocenters. The van der Waals surface area contributed by atoms with Crippen LogP contribution in [0.25, 0.3) is 5.65 Å². The summed E-state index contributed by atoms with van der Waals surface area (Å²) in [6.45, 7) is 3.89. The van der Waals surface area contributed by atoms with Crippen molar-refractivity contribution >= 4 is 28.8 Å². The van der Waals surface area contributed by atoms with Crippen molar-refractivity contribution in [3.63, 3.8) is 0 Å². The van der Waals surface area contributed by atoms with Crippen molar-refractivity contribution < 1.29 is 9.53 Å². The fraction of sp³-hybridized carbons (Fsp3) is 0.0870. The second-order valence-electron chi connectivity index (χ2n) is 6.92. The van der Waals surface area contributed by atoms with Gasteiger partial charge in [-0.1, -0.05) is 29.3 Å². The fourth-order valence-corrected chi connectivity index (χ4v) is 3.12. The molecule has 0 spiro atoms. The number of rotatable bonds is 4. The van der Waals surface area contributed by atoms with Gasteiger partial charge in [-0.25, -0.2) is 4.98 Å². The van der Waals surface area contributed by atoms with Crippen LogP contribution in [0.15, 0.2) is 71.8 Å². The van der Waals surface area contributed by atoms with Crippen molar-refractivity contribution in [2.75, 3.05) is 5.32 Å². The van der Waals surface area contributed by atoms with Gasteiger partial charge in [0.2, 0.25) is 0 Å². The van der Waals surface area contributed by atoms with E-state index in [4.69, 9.17) is 16.3 Å². The first kappa shape index (κ1) is 19.7. The third-order valence-corrected chi connectivity index (χ3v) is 4.78. The summed E-state index contributed by atoms with van der Waals surface area (Å²) in [6.07, 6.45) is 2.87. The molecule has 2 aromatic heterocycles. The Hall–Kier alpha value is -3.64. The number of hydrogen-bond acceptors (Lipinski definition) is 4. The lowest BCUT2D eigenvalue weighted by Gasteiger charge is -2.13. The van der Waals surface area contributed by atoms with Crippen LogP contribution in [0.4, 0.5) is 5.69 Å². The van der Waals surface area contributed by atoms with Gasteiger partial charge in [-0.05, 0) is 61.9 Å². The van der Waals surface area contributed by atoms with Gasteiger partial charge in [-0.15, -0.1) is 0 Å². The Bertz CT molecular complexity index is 1310. The van der Waals surface area contributed by atoms with E-state index in [0.717, 1.165) is 11.1 Å². The largest absolute Gasteiger partial charge is 0.455 e. The van der Waals surface area contributed by atoms with Gasteiger partial charge in [0.1, 0.15) is 17.0 Å². The number of carbonyl (C=O) groups is 1. The maximum Gasteiger partial charge on any atom is 0.270 e. The monoisotopic (exact) mass is 419 g/mol. The van der Waals surface area contributed by atoms with Gasteiger partial charge in [0.05, 0.1) is 5.69 Å². The second kappa shape index (κ2) is 8.00. The third-order valence-electron chi connectivity index (χ3n) is 4.55. The number of carbonyl (C=O) groups excluding carboxylic acids is 1. The summed E-state index contributed by atoms with van der Waals surface area (Å²) in [6, 6.07) is 15.9.